The Morgan fingerprint density at radius 3 is 2.46 bits per heavy atom. The molecule has 0 bridgehead atoms. The minimum absolute atomic E-state index is 0.0992. The summed E-state index contributed by atoms with van der Waals surface area (Å²) in [6.45, 7) is 10.1. The van der Waals surface area contributed by atoms with Gasteiger partial charge in [-0.3, -0.25) is 9.78 Å². The molecule has 1 N–H and O–H groups in total. The average molecular weight is 378 g/mol. The molecule has 2 aromatic heterocycles. The van der Waals surface area contributed by atoms with Crippen molar-refractivity contribution in [3.63, 3.8) is 0 Å². The van der Waals surface area contributed by atoms with E-state index in [1.807, 2.05) is 39.0 Å². The molecular weight excluding hydrogens is 352 g/mol. The van der Waals surface area contributed by atoms with Gasteiger partial charge in [0.15, 0.2) is 0 Å². The summed E-state index contributed by atoms with van der Waals surface area (Å²) in [5.41, 5.74) is 5.69. The summed E-state index contributed by atoms with van der Waals surface area (Å²) in [6, 6.07) is 10.1. The van der Waals surface area contributed by atoms with Crippen LogP contribution < -0.4 is 5.32 Å². The quantitative estimate of drug-likeness (QED) is 0.669. The third kappa shape index (κ3) is 4.63. The SMILES string of the molecule is Cc1cc(C)c(NC(=O)CCc2nc(-c3ccc(C(C)C)cc3)no2)c(C)n1. The zero-order valence-corrected chi connectivity index (χ0v) is 17.0. The lowest BCUT2D eigenvalue weighted by Crippen LogP contribution is -2.15. The Morgan fingerprint density at radius 2 is 1.82 bits per heavy atom. The van der Waals surface area contributed by atoms with Crippen molar-refractivity contribution in [3.05, 3.63) is 58.7 Å². The number of hydrogen-bond acceptors (Lipinski definition) is 5. The molecule has 0 spiro atoms. The lowest BCUT2D eigenvalue weighted by Gasteiger charge is -2.11. The smallest absolute Gasteiger partial charge is 0.227 e. The second-order valence-electron chi connectivity index (χ2n) is 7.38. The lowest BCUT2D eigenvalue weighted by atomic mass is 10.0. The molecule has 0 aliphatic heterocycles. The number of pyridine rings is 1. The van der Waals surface area contributed by atoms with Crippen LogP contribution in [0.4, 0.5) is 5.69 Å². The van der Waals surface area contributed by atoms with Crippen molar-refractivity contribution in [2.75, 3.05) is 5.32 Å². The minimum Gasteiger partial charge on any atom is -0.339 e. The van der Waals surface area contributed by atoms with E-state index >= 15 is 0 Å². The van der Waals surface area contributed by atoms with Crippen molar-refractivity contribution < 1.29 is 9.32 Å². The van der Waals surface area contributed by atoms with Crippen LogP contribution in [0.5, 0.6) is 0 Å². The summed E-state index contributed by atoms with van der Waals surface area (Å²) in [6.07, 6.45) is 0.654. The number of aromatic nitrogens is 3. The zero-order chi connectivity index (χ0) is 20.3. The molecule has 6 heteroatoms. The number of amides is 1. The molecule has 2 heterocycles. The highest BCUT2D eigenvalue weighted by Gasteiger charge is 2.13. The van der Waals surface area contributed by atoms with E-state index in [-0.39, 0.29) is 12.3 Å². The monoisotopic (exact) mass is 378 g/mol. The van der Waals surface area contributed by atoms with Gasteiger partial charge in [-0.2, -0.15) is 4.98 Å². The third-order valence-electron chi connectivity index (χ3n) is 4.66. The zero-order valence-electron chi connectivity index (χ0n) is 17.0. The number of rotatable bonds is 6. The van der Waals surface area contributed by atoms with Crippen LogP contribution in [0, 0.1) is 20.8 Å². The predicted molar refractivity (Wildman–Crippen MR) is 109 cm³/mol. The van der Waals surface area contributed by atoms with Gasteiger partial charge in [-0.15, -0.1) is 0 Å². The van der Waals surface area contributed by atoms with Crippen molar-refractivity contribution in [1.82, 2.24) is 15.1 Å². The number of carbonyl (C=O) groups excluding carboxylic acids is 1. The number of nitrogens with zero attached hydrogens (tertiary/aromatic N) is 3. The molecule has 0 saturated carbocycles. The van der Waals surface area contributed by atoms with Crippen LogP contribution in [-0.2, 0) is 11.2 Å². The Bertz CT molecular complexity index is 951. The summed E-state index contributed by atoms with van der Waals surface area (Å²) in [7, 11) is 0. The maximum Gasteiger partial charge on any atom is 0.227 e. The van der Waals surface area contributed by atoms with Gasteiger partial charge in [0.1, 0.15) is 0 Å². The topological polar surface area (TPSA) is 80.9 Å². The molecule has 0 fully saturated rings. The molecule has 0 saturated heterocycles. The molecule has 146 valence electrons. The second-order valence-corrected chi connectivity index (χ2v) is 7.38. The highest BCUT2D eigenvalue weighted by molar-refractivity contribution is 5.92. The fraction of sp³-hybridized carbons (Fsp3) is 0.364. The Hall–Kier alpha value is -3.02. The number of hydrogen-bond donors (Lipinski definition) is 1. The largest absolute Gasteiger partial charge is 0.339 e. The summed E-state index contributed by atoms with van der Waals surface area (Å²) in [4.78, 5) is 21.1. The highest BCUT2D eigenvalue weighted by atomic mass is 16.5. The molecule has 3 aromatic rings. The van der Waals surface area contributed by atoms with Gasteiger partial charge in [0.25, 0.3) is 0 Å². The summed E-state index contributed by atoms with van der Waals surface area (Å²) in [5, 5.41) is 6.97. The molecule has 6 nitrogen and oxygen atoms in total. The molecule has 3 rings (SSSR count). The maximum absolute atomic E-state index is 12.3. The number of anilines is 1. The summed E-state index contributed by atoms with van der Waals surface area (Å²) >= 11 is 0. The van der Waals surface area contributed by atoms with Crippen LogP contribution in [0.1, 0.15) is 54.6 Å². The Balaban J connectivity index is 1.60. The first-order valence-corrected chi connectivity index (χ1v) is 9.51. The van der Waals surface area contributed by atoms with E-state index in [2.05, 4.69) is 46.4 Å². The number of benzene rings is 1. The average Bonchev–Trinajstić information content (AvgIpc) is 3.12. The van der Waals surface area contributed by atoms with Crippen molar-refractivity contribution in [2.24, 2.45) is 0 Å². The van der Waals surface area contributed by atoms with E-state index in [0.29, 0.717) is 24.1 Å². The van der Waals surface area contributed by atoms with E-state index < -0.39 is 0 Å². The molecule has 0 radical (unpaired) electrons. The number of aryl methyl sites for hydroxylation is 4. The Kier molecular flexibility index (Phi) is 5.87. The normalized spacial score (nSPS) is 11.1. The Labute approximate surface area is 165 Å². The predicted octanol–water partition coefficient (Wildman–Crippen LogP) is 4.75. The fourth-order valence-corrected chi connectivity index (χ4v) is 3.13. The van der Waals surface area contributed by atoms with Crippen molar-refractivity contribution in [2.45, 2.75) is 53.4 Å². The van der Waals surface area contributed by atoms with Crippen molar-refractivity contribution in [3.8, 4) is 11.4 Å². The Morgan fingerprint density at radius 1 is 1.11 bits per heavy atom. The van der Waals surface area contributed by atoms with Crippen LogP contribution in [0.2, 0.25) is 0 Å². The van der Waals surface area contributed by atoms with Gasteiger partial charge in [0.2, 0.25) is 17.6 Å². The standard InChI is InChI=1S/C22H26N4O2/c1-13(2)17-6-8-18(9-7-17)22-25-20(28-26-22)11-10-19(27)24-21-14(3)12-15(4)23-16(21)5/h6-9,12-13H,10-11H2,1-5H3,(H,24,27). The summed E-state index contributed by atoms with van der Waals surface area (Å²) < 4.78 is 5.31. The van der Waals surface area contributed by atoms with Gasteiger partial charge in [-0.1, -0.05) is 43.3 Å². The van der Waals surface area contributed by atoms with Gasteiger partial charge in [0, 0.05) is 24.1 Å². The maximum atomic E-state index is 12.3. The molecule has 1 amide bonds. The lowest BCUT2D eigenvalue weighted by molar-refractivity contribution is -0.116. The highest BCUT2D eigenvalue weighted by Crippen LogP contribution is 2.22. The van der Waals surface area contributed by atoms with E-state index in [1.54, 1.807) is 0 Å². The number of nitrogens with one attached hydrogen (secondary N) is 1. The molecule has 0 atom stereocenters. The van der Waals surface area contributed by atoms with Gasteiger partial charge < -0.3 is 9.84 Å². The van der Waals surface area contributed by atoms with Gasteiger partial charge >= 0.3 is 0 Å². The van der Waals surface area contributed by atoms with E-state index in [9.17, 15) is 4.79 Å². The second kappa shape index (κ2) is 8.33. The molecule has 0 aliphatic rings. The summed E-state index contributed by atoms with van der Waals surface area (Å²) in [5.74, 6) is 1.37. The first-order chi connectivity index (χ1) is 13.3. The van der Waals surface area contributed by atoms with Crippen LogP contribution in [0.3, 0.4) is 0 Å². The number of carbonyl (C=O) groups is 1. The fourth-order valence-electron chi connectivity index (χ4n) is 3.13. The van der Waals surface area contributed by atoms with Gasteiger partial charge in [-0.25, -0.2) is 0 Å². The van der Waals surface area contributed by atoms with Crippen LogP contribution in [-0.4, -0.2) is 21.0 Å². The molecule has 0 aliphatic carbocycles. The van der Waals surface area contributed by atoms with Gasteiger partial charge in [0.05, 0.1) is 11.4 Å². The van der Waals surface area contributed by atoms with Crippen LogP contribution >= 0.6 is 0 Å². The third-order valence-corrected chi connectivity index (χ3v) is 4.66. The van der Waals surface area contributed by atoms with Crippen molar-refractivity contribution >= 4 is 11.6 Å². The molecular formula is C22H26N4O2. The first kappa shape index (κ1) is 19.7. The molecule has 28 heavy (non-hydrogen) atoms. The van der Waals surface area contributed by atoms with Crippen molar-refractivity contribution in [1.29, 1.82) is 0 Å². The molecule has 0 unspecified atom stereocenters. The van der Waals surface area contributed by atoms with Crippen LogP contribution in [0.15, 0.2) is 34.9 Å². The first-order valence-electron chi connectivity index (χ1n) is 9.51. The van der Waals surface area contributed by atoms with Crippen LogP contribution in [0.25, 0.3) is 11.4 Å². The van der Waals surface area contributed by atoms with E-state index in [1.165, 1.54) is 5.56 Å². The molecule has 1 aromatic carbocycles. The van der Waals surface area contributed by atoms with Gasteiger partial charge in [-0.05, 0) is 43.9 Å². The van der Waals surface area contributed by atoms with E-state index in [0.717, 1.165) is 28.2 Å². The van der Waals surface area contributed by atoms with E-state index in [4.69, 9.17) is 4.52 Å². The minimum atomic E-state index is -0.0992.